The van der Waals surface area contributed by atoms with Crippen molar-refractivity contribution in [1.82, 2.24) is 0 Å². The Labute approximate surface area is 215 Å². The largest absolute Gasteiger partial charge is 0.482 e. The number of carboxylic acid groups (broad SMARTS) is 1. The van der Waals surface area contributed by atoms with Crippen LogP contribution < -0.4 is 9.47 Å². The van der Waals surface area contributed by atoms with Gasteiger partial charge in [-0.3, -0.25) is 4.79 Å². The number of ether oxygens (including phenoxy) is 4. The third-order valence-electron chi connectivity index (χ3n) is 3.74. The van der Waals surface area contributed by atoms with E-state index in [0.717, 1.165) is 0 Å². The van der Waals surface area contributed by atoms with Crippen molar-refractivity contribution in [3.8, 4) is 11.5 Å². The standard InChI is InChI=1S/C13H15ClO4.C13H16O5/c1-13(2,3)18-11(15)8-17-10-6-4-9(5-7-10)12(14)16;1-13(2,3)18-11(14)8-17-10-6-4-9(5-7-10)12(15)16/h4-7H,8H2,1-3H3;4-7H,8H2,1-3H3,(H,15,16). The van der Waals surface area contributed by atoms with E-state index in [9.17, 15) is 19.2 Å². The van der Waals surface area contributed by atoms with Crippen molar-refractivity contribution in [2.24, 2.45) is 0 Å². The van der Waals surface area contributed by atoms with E-state index in [1.54, 1.807) is 53.7 Å². The van der Waals surface area contributed by atoms with Crippen LogP contribution in [-0.2, 0) is 19.1 Å². The Morgan fingerprint density at radius 2 is 1.00 bits per heavy atom. The van der Waals surface area contributed by atoms with Gasteiger partial charge >= 0.3 is 17.9 Å². The van der Waals surface area contributed by atoms with Gasteiger partial charge in [-0.15, -0.1) is 0 Å². The molecule has 1 N–H and O–H groups in total. The van der Waals surface area contributed by atoms with Crippen LogP contribution in [0.2, 0.25) is 0 Å². The van der Waals surface area contributed by atoms with Gasteiger partial charge in [-0.2, -0.15) is 0 Å². The molecular formula is C26H31ClO9. The number of aromatic carboxylic acids is 1. The molecule has 196 valence electrons. The lowest BCUT2D eigenvalue weighted by atomic mass is 10.2. The third-order valence-corrected chi connectivity index (χ3v) is 3.95. The van der Waals surface area contributed by atoms with Crippen molar-refractivity contribution < 1.29 is 43.2 Å². The normalized spacial score (nSPS) is 10.9. The molecule has 36 heavy (non-hydrogen) atoms. The molecule has 0 unspecified atom stereocenters. The molecule has 9 nitrogen and oxygen atoms in total. The van der Waals surface area contributed by atoms with Gasteiger partial charge < -0.3 is 24.1 Å². The fourth-order valence-electron chi connectivity index (χ4n) is 2.40. The molecule has 2 aromatic carbocycles. The molecule has 0 saturated heterocycles. The van der Waals surface area contributed by atoms with Crippen LogP contribution in [0, 0.1) is 0 Å². The Hall–Kier alpha value is -3.59. The summed E-state index contributed by atoms with van der Waals surface area (Å²) >= 11 is 5.30. The number of carboxylic acids is 1. The second-order valence-electron chi connectivity index (χ2n) is 9.38. The third kappa shape index (κ3) is 13.3. The van der Waals surface area contributed by atoms with Gasteiger partial charge in [-0.25, -0.2) is 14.4 Å². The number of esters is 2. The zero-order chi connectivity index (χ0) is 27.5. The highest BCUT2D eigenvalue weighted by molar-refractivity contribution is 6.67. The fourth-order valence-corrected chi connectivity index (χ4v) is 2.53. The lowest BCUT2D eigenvalue weighted by Crippen LogP contribution is -2.27. The molecule has 0 spiro atoms. The van der Waals surface area contributed by atoms with Crippen LogP contribution in [-0.4, -0.2) is 52.7 Å². The highest BCUT2D eigenvalue weighted by atomic mass is 35.5. The van der Waals surface area contributed by atoms with Crippen LogP contribution in [0.15, 0.2) is 48.5 Å². The minimum atomic E-state index is -1.01. The van der Waals surface area contributed by atoms with Crippen molar-refractivity contribution in [3.63, 3.8) is 0 Å². The van der Waals surface area contributed by atoms with Gasteiger partial charge in [0.1, 0.15) is 22.7 Å². The van der Waals surface area contributed by atoms with E-state index in [2.05, 4.69) is 0 Å². The van der Waals surface area contributed by atoms with Gasteiger partial charge in [0.2, 0.25) is 0 Å². The summed E-state index contributed by atoms with van der Waals surface area (Å²) in [7, 11) is 0. The number of benzene rings is 2. The van der Waals surface area contributed by atoms with Gasteiger partial charge in [0.05, 0.1) is 5.56 Å². The first-order valence-electron chi connectivity index (χ1n) is 10.9. The van der Waals surface area contributed by atoms with E-state index >= 15 is 0 Å². The van der Waals surface area contributed by atoms with Crippen molar-refractivity contribution >= 4 is 34.8 Å². The first kappa shape index (κ1) is 30.4. The zero-order valence-electron chi connectivity index (χ0n) is 21.1. The second-order valence-corrected chi connectivity index (χ2v) is 9.72. The Morgan fingerprint density at radius 1 is 0.667 bits per heavy atom. The summed E-state index contributed by atoms with van der Waals surface area (Å²) in [5, 5.41) is 8.17. The second kappa shape index (κ2) is 13.5. The first-order chi connectivity index (χ1) is 16.6. The minimum absolute atomic E-state index is 0.166. The molecule has 0 aliphatic carbocycles. The molecule has 0 aliphatic rings. The molecule has 0 aliphatic heterocycles. The lowest BCUT2D eigenvalue weighted by Gasteiger charge is -2.19. The van der Waals surface area contributed by atoms with Gasteiger partial charge in [-0.1, -0.05) is 0 Å². The smallest absolute Gasteiger partial charge is 0.344 e. The number of hydrogen-bond donors (Lipinski definition) is 1. The summed E-state index contributed by atoms with van der Waals surface area (Å²) in [4.78, 5) is 44.2. The number of rotatable bonds is 8. The monoisotopic (exact) mass is 522 g/mol. The molecule has 0 aromatic heterocycles. The zero-order valence-corrected chi connectivity index (χ0v) is 21.9. The summed E-state index contributed by atoms with van der Waals surface area (Å²) in [6.45, 7) is 10.3. The van der Waals surface area contributed by atoms with Crippen LogP contribution in [0.3, 0.4) is 0 Å². The van der Waals surface area contributed by atoms with Crippen LogP contribution >= 0.6 is 11.6 Å². The van der Waals surface area contributed by atoms with Crippen LogP contribution in [0.1, 0.15) is 62.3 Å². The van der Waals surface area contributed by atoms with Crippen molar-refractivity contribution in [2.45, 2.75) is 52.7 Å². The van der Waals surface area contributed by atoms with Crippen LogP contribution in [0.4, 0.5) is 0 Å². The van der Waals surface area contributed by atoms with E-state index in [1.165, 1.54) is 36.4 Å². The molecule has 0 atom stereocenters. The SMILES string of the molecule is CC(C)(C)OC(=O)COc1ccc(C(=O)Cl)cc1.CC(C)(C)OC(=O)COc1ccc(C(=O)O)cc1. The minimum Gasteiger partial charge on any atom is -0.482 e. The van der Waals surface area contributed by atoms with Gasteiger partial charge in [0, 0.05) is 5.56 Å². The molecule has 10 heteroatoms. The molecule has 0 heterocycles. The average molecular weight is 523 g/mol. The van der Waals surface area contributed by atoms with Crippen LogP contribution in [0.5, 0.6) is 11.5 Å². The average Bonchev–Trinajstić information content (AvgIpc) is 2.75. The number of hydrogen-bond acceptors (Lipinski definition) is 8. The number of halogens is 1. The lowest BCUT2D eigenvalue weighted by molar-refractivity contribution is -0.158. The van der Waals surface area contributed by atoms with Crippen molar-refractivity contribution in [2.75, 3.05) is 13.2 Å². The molecule has 0 bridgehead atoms. The molecule has 0 fully saturated rings. The predicted octanol–water partition coefficient (Wildman–Crippen LogP) is 4.89. The summed E-state index contributed by atoms with van der Waals surface area (Å²) in [5.74, 6) is -1.02. The van der Waals surface area contributed by atoms with Crippen LogP contribution in [0.25, 0.3) is 0 Å². The van der Waals surface area contributed by atoms with Crippen molar-refractivity contribution in [1.29, 1.82) is 0 Å². The quantitative estimate of drug-likeness (QED) is 0.381. The van der Waals surface area contributed by atoms with Gasteiger partial charge in [-0.05, 0) is 102 Å². The number of carbonyl (C=O) groups excluding carboxylic acids is 3. The summed E-state index contributed by atoms with van der Waals surface area (Å²) < 4.78 is 20.5. The van der Waals surface area contributed by atoms with E-state index in [-0.39, 0.29) is 18.8 Å². The molecule has 0 amide bonds. The molecular weight excluding hydrogens is 492 g/mol. The molecule has 0 radical (unpaired) electrons. The Kier molecular flexibility index (Phi) is 11.4. The highest BCUT2D eigenvalue weighted by Crippen LogP contribution is 2.15. The maximum absolute atomic E-state index is 11.4. The Bertz CT molecular complexity index is 946. The summed E-state index contributed by atoms with van der Waals surface area (Å²) in [6, 6.07) is 12.0. The topological polar surface area (TPSA) is 125 Å². The Balaban J connectivity index is 0.000000360. The first-order valence-corrected chi connectivity index (χ1v) is 11.3. The number of carbonyl (C=O) groups is 4. The predicted molar refractivity (Wildman–Crippen MR) is 133 cm³/mol. The highest BCUT2D eigenvalue weighted by Gasteiger charge is 2.17. The summed E-state index contributed by atoms with van der Waals surface area (Å²) in [5.41, 5.74) is -0.538. The van der Waals surface area contributed by atoms with E-state index < -0.39 is 34.4 Å². The molecule has 2 aromatic rings. The fraction of sp³-hybridized carbons (Fsp3) is 0.385. The van der Waals surface area contributed by atoms with Gasteiger partial charge in [0.25, 0.3) is 5.24 Å². The van der Waals surface area contributed by atoms with E-state index in [1.807, 2.05) is 0 Å². The maximum Gasteiger partial charge on any atom is 0.344 e. The van der Waals surface area contributed by atoms with Crippen molar-refractivity contribution in [3.05, 3.63) is 59.7 Å². The molecule has 0 saturated carbocycles. The maximum atomic E-state index is 11.4. The summed E-state index contributed by atoms with van der Waals surface area (Å²) in [6.07, 6.45) is 0. The van der Waals surface area contributed by atoms with E-state index in [0.29, 0.717) is 17.1 Å². The Morgan fingerprint density at radius 3 is 1.28 bits per heavy atom. The molecule has 2 rings (SSSR count). The van der Waals surface area contributed by atoms with Gasteiger partial charge in [0.15, 0.2) is 13.2 Å². The van der Waals surface area contributed by atoms with E-state index in [4.69, 9.17) is 35.7 Å².